The fraction of sp³-hybridized carbons (Fsp3) is 0.636. The van der Waals surface area contributed by atoms with Crippen molar-refractivity contribution >= 4 is 12.7 Å². The fourth-order valence-electron chi connectivity index (χ4n) is 6.38. The molecule has 2 saturated carbocycles. The molecular weight excluding hydrogens is 459 g/mol. The first-order valence-corrected chi connectivity index (χ1v) is 16.5. The summed E-state index contributed by atoms with van der Waals surface area (Å²) in [6.07, 6.45) is 11.6. The maximum absolute atomic E-state index is 15.3. The molecule has 4 rings (SSSR count). The molecule has 198 valence electrons. The van der Waals surface area contributed by atoms with E-state index in [0.29, 0.717) is 17.8 Å². The number of benzene rings is 2. The Morgan fingerprint density at radius 3 is 1.78 bits per heavy atom. The van der Waals surface area contributed by atoms with Gasteiger partial charge in [0.15, 0.2) is 0 Å². The second-order valence-electron chi connectivity index (χ2n) is 12.3. The molecule has 1 atom stereocenters. The van der Waals surface area contributed by atoms with Gasteiger partial charge in [0.25, 0.3) is 0 Å². The van der Waals surface area contributed by atoms with E-state index in [1.54, 1.807) is 0 Å². The summed E-state index contributed by atoms with van der Waals surface area (Å²) in [7, 11) is -3.05. The molecule has 0 heterocycles. The van der Waals surface area contributed by atoms with Crippen LogP contribution >= 0.6 is 7.37 Å². The topological polar surface area (TPSA) is 26.3 Å². The van der Waals surface area contributed by atoms with Gasteiger partial charge in [-0.05, 0) is 77.3 Å². The van der Waals surface area contributed by atoms with Crippen molar-refractivity contribution in [3.63, 3.8) is 0 Å². The number of rotatable bonds is 8. The molecule has 0 aromatic heterocycles. The van der Waals surface area contributed by atoms with Gasteiger partial charge >= 0.3 is 0 Å². The molecule has 2 fully saturated rings. The van der Waals surface area contributed by atoms with E-state index < -0.39 is 7.37 Å². The zero-order valence-corrected chi connectivity index (χ0v) is 24.6. The second kappa shape index (κ2) is 12.0. The molecule has 0 saturated heterocycles. The summed E-state index contributed by atoms with van der Waals surface area (Å²) in [4.78, 5) is 0. The van der Waals surface area contributed by atoms with Crippen LogP contribution in [-0.2, 0) is 9.09 Å². The molecule has 0 radical (unpaired) electrons. The van der Waals surface area contributed by atoms with Crippen molar-refractivity contribution in [2.45, 2.75) is 135 Å². The van der Waals surface area contributed by atoms with Gasteiger partial charge in [-0.1, -0.05) is 110 Å². The average molecular weight is 509 g/mol. The highest BCUT2D eigenvalue weighted by Gasteiger charge is 2.41. The van der Waals surface area contributed by atoms with Crippen LogP contribution in [0.2, 0.25) is 0 Å². The van der Waals surface area contributed by atoms with Crippen LogP contribution in [0.4, 0.5) is 0 Å². The van der Waals surface area contributed by atoms with E-state index >= 15 is 4.57 Å². The summed E-state index contributed by atoms with van der Waals surface area (Å²) < 4.78 is 22.2. The van der Waals surface area contributed by atoms with E-state index in [1.807, 2.05) is 0 Å². The van der Waals surface area contributed by atoms with Gasteiger partial charge in [0, 0.05) is 11.0 Å². The van der Waals surface area contributed by atoms with E-state index in [4.69, 9.17) is 4.52 Å². The van der Waals surface area contributed by atoms with Gasteiger partial charge in [-0.2, -0.15) is 0 Å². The molecule has 1 unspecified atom stereocenters. The van der Waals surface area contributed by atoms with Crippen LogP contribution in [0.1, 0.15) is 140 Å². The molecule has 2 aromatic rings. The average Bonchev–Trinajstić information content (AvgIpc) is 2.88. The Morgan fingerprint density at radius 1 is 0.722 bits per heavy atom. The molecule has 2 nitrogen and oxygen atoms in total. The summed E-state index contributed by atoms with van der Waals surface area (Å²) in [5.74, 6) is 1.25. The highest BCUT2D eigenvalue weighted by atomic mass is 31.2. The summed E-state index contributed by atoms with van der Waals surface area (Å²) in [6, 6.07) is 13.4. The summed E-state index contributed by atoms with van der Waals surface area (Å²) in [5.41, 5.74) is 6.77. The van der Waals surface area contributed by atoms with Crippen LogP contribution in [-0.4, -0.2) is 11.8 Å². The van der Waals surface area contributed by atoms with Crippen LogP contribution in [0, 0.1) is 0 Å². The zero-order chi connectivity index (χ0) is 25.9. The van der Waals surface area contributed by atoms with E-state index in [-0.39, 0.29) is 11.8 Å². The Morgan fingerprint density at radius 2 is 1.25 bits per heavy atom. The minimum atomic E-state index is -3.05. The zero-order valence-electron chi connectivity index (χ0n) is 23.7. The predicted molar refractivity (Wildman–Crippen MR) is 156 cm³/mol. The molecule has 0 aliphatic heterocycles. The van der Waals surface area contributed by atoms with Gasteiger partial charge in [0.1, 0.15) is 0 Å². The van der Waals surface area contributed by atoms with E-state index in [9.17, 15) is 0 Å². The summed E-state index contributed by atoms with van der Waals surface area (Å²) >= 11 is 0. The van der Waals surface area contributed by atoms with Crippen molar-refractivity contribution in [2.75, 3.05) is 0 Å². The van der Waals surface area contributed by atoms with E-state index in [0.717, 1.165) is 36.6 Å². The Labute approximate surface area is 221 Å². The maximum Gasteiger partial charge on any atom is 0.235 e. The Kier molecular flexibility index (Phi) is 9.22. The number of hydrogen-bond acceptors (Lipinski definition) is 2. The lowest BCUT2D eigenvalue weighted by molar-refractivity contribution is 0.156. The third-order valence-corrected chi connectivity index (χ3v) is 11.7. The van der Waals surface area contributed by atoms with Gasteiger partial charge in [-0.15, -0.1) is 0 Å². The van der Waals surface area contributed by atoms with Crippen molar-refractivity contribution < 1.29 is 9.09 Å². The Hall–Kier alpha value is -1.37. The van der Waals surface area contributed by atoms with Crippen molar-refractivity contribution in [3.8, 4) is 11.1 Å². The standard InChI is InChI=1S/C33H49O2P/c1-23(2)26-21-30(24(3)4)33(31(22-26)25(5)6)29-19-13-14-20-32(29)36(34,28-17-11-8-12-18-28)35-27-15-9-7-10-16-27/h13-14,19-25,27-28H,7-12,15-18H2,1-6H3. The van der Waals surface area contributed by atoms with E-state index in [1.165, 1.54) is 60.8 Å². The first-order valence-electron chi connectivity index (χ1n) is 14.8. The molecule has 0 bridgehead atoms. The second-order valence-corrected chi connectivity index (χ2v) is 14.9. The van der Waals surface area contributed by atoms with Crippen molar-refractivity contribution in [2.24, 2.45) is 0 Å². The van der Waals surface area contributed by atoms with Gasteiger partial charge in [-0.3, -0.25) is 4.57 Å². The molecule has 2 aliphatic carbocycles. The van der Waals surface area contributed by atoms with Gasteiger partial charge in [0.05, 0.1) is 6.10 Å². The molecule has 2 aromatic carbocycles. The quantitative estimate of drug-likeness (QED) is 0.332. The normalized spacial score (nSPS) is 19.8. The molecule has 0 spiro atoms. The molecule has 0 amide bonds. The maximum atomic E-state index is 15.3. The smallest absolute Gasteiger partial charge is 0.235 e. The monoisotopic (exact) mass is 508 g/mol. The fourth-order valence-corrected chi connectivity index (χ4v) is 9.57. The first kappa shape index (κ1) is 27.7. The van der Waals surface area contributed by atoms with Crippen LogP contribution in [0.3, 0.4) is 0 Å². The van der Waals surface area contributed by atoms with Crippen molar-refractivity contribution in [1.29, 1.82) is 0 Å². The van der Waals surface area contributed by atoms with Crippen molar-refractivity contribution in [3.05, 3.63) is 53.1 Å². The number of hydrogen-bond donors (Lipinski definition) is 0. The third kappa shape index (κ3) is 5.86. The SMILES string of the molecule is CC(C)c1cc(C(C)C)c(-c2ccccc2P(=O)(OC2CCCCC2)C2CCCCC2)c(C(C)C)c1. The van der Waals surface area contributed by atoms with Gasteiger partial charge in [-0.25, -0.2) is 0 Å². The molecule has 2 aliphatic rings. The molecule has 3 heteroatoms. The first-order chi connectivity index (χ1) is 17.2. The minimum Gasteiger partial charge on any atom is -0.322 e. The summed E-state index contributed by atoms with van der Waals surface area (Å²) in [5, 5.41) is 0.989. The molecular formula is C33H49O2P. The van der Waals surface area contributed by atoms with Crippen LogP contribution in [0.25, 0.3) is 11.1 Å². The van der Waals surface area contributed by atoms with Crippen LogP contribution in [0.5, 0.6) is 0 Å². The Bertz CT molecular complexity index is 1030. The van der Waals surface area contributed by atoms with Crippen molar-refractivity contribution in [1.82, 2.24) is 0 Å². The lowest BCUT2D eigenvalue weighted by Crippen LogP contribution is -2.28. The van der Waals surface area contributed by atoms with Crippen LogP contribution < -0.4 is 5.30 Å². The minimum absolute atomic E-state index is 0.136. The summed E-state index contributed by atoms with van der Waals surface area (Å²) in [6.45, 7) is 13.8. The van der Waals surface area contributed by atoms with Crippen LogP contribution in [0.15, 0.2) is 36.4 Å². The molecule has 0 N–H and O–H groups in total. The van der Waals surface area contributed by atoms with Gasteiger partial charge < -0.3 is 4.52 Å². The highest BCUT2D eigenvalue weighted by Crippen LogP contribution is 2.59. The third-order valence-electron chi connectivity index (χ3n) is 8.55. The molecule has 36 heavy (non-hydrogen) atoms. The predicted octanol–water partition coefficient (Wildman–Crippen LogP) is 10.3. The van der Waals surface area contributed by atoms with E-state index in [2.05, 4.69) is 77.9 Å². The Balaban J connectivity index is 1.93. The largest absolute Gasteiger partial charge is 0.322 e. The van der Waals surface area contributed by atoms with Gasteiger partial charge in [0.2, 0.25) is 7.37 Å². The lowest BCUT2D eigenvalue weighted by Gasteiger charge is -2.36. The lowest BCUT2D eigenvalue weighted by atomic mass is 9.82. The highest BCUT2D eigenvalue weighted by molar-refractivity contribution is 7.68.